The van der Waals surface area contributed by atoms with Crippen molar-refractivity contribution in [3.05, 3.63) is 36.2 Å². The quantitative estimate of drug-likeness (QED) is 0.676. The van der Waals surface area contributed by atoms with E-state index in [4.69, 9.17) is 11.5 Å². The van der Waals surface area contributed by atoms with E-state index >= 15 is 0 Å². The number of nitrogens with zero attached hydrogens (tertiary/aromatic N) is 1. The minimum atomic E-state index is -2.84. The van der Waals surface area contributed by atoms with Gasteiger partial charge in [-0.05, 0) is 37.1 Å². The molecule has 1 heterocycles. The first-order chi connectivity index (χ1) is 10.5. The van der Waals surface area contributed by atoms with E-state index in [9.17, 15) is 8.78 Å². The molecule has 1 aromatic carbocycles. The Morgan fingerprint density at radius 3 is 2.59 bits per heavy atom. The third kappa shape index (κ3) is 3.11. The summed E-state index contributed by atoms with van der Waals surface area (Å²) in [4.78, 5) is 4.45. The number of benzene rings is 1. The molecule has 1 aliphatic carbocycles. The zero-order chi connectivity index (χ0) is 15.7. The Kier molecular flexibility index (Phi) is 3.61. The molecule has 0 radical (unpaired) electrons. The van der Waals surface area contributed by atoms with Crippen LogP contribution in [-0.4, -0.2) is 18.2 Å². The Hall–Kier alpha value is -2.35. The van der Waals surface area contributed by atoms with Crippen molar-refractivity contribution in [1.82, 2.24) is 5.32 Å². The first kappa shape index (κ1) is 14.6. The molecule has 0 spiro atoms. The molecule has 2 aliphatic rings. The van der Waals surface area contributed by atoms with Crippen molar-refractivity contribution in [2.24, 2.45) is 22.4 Å². The summed E-state index contributed by atoms with van der Waals surface area (Å²) in [7, 11) is 0. The van der Waals surface area contributed by atoms with Crippen molar-refractivity contribution in [3.63, 3.8) is 0 Å². The number of hydrogen-bond acceptors (Lipinski definition) is 6. The van der Waals surface area contributed by atoms with Crippen LogP contribution in [0.1, 0.15) is 12.8 Å². The molecule has 22 heavy (non-hydrogen) atoms. The van der Waals surface area contributed by atoms with Gasteiger partial charge in [-0.15, -0.1) is 0 Å². The molecule has 1 unspecified atom stereocenters. The number of amidine groups is 1. The molecule has 118 valence electrons. The summed E-state index contributed by atoms with van der Waals surface area (Å²) in [6.45, 7) is -2.84. The van der Waals surface area contributed by atoms with E-state index in [-0.39, 0.29) is 11.7 Å². The normalized spacial score (nSPS) is 24.4. The molecule has 0 aromatic heterocycles. The van der Waals surface area contributed by atoms with Gasteiger partial charge in [0, 0.05) is 17.8 Å². The van der Waals surface area contributed by atoms with Gasteiger partial charge in [0.15, 0.2) is 11.6 Å². The van der Waals surface area contributed by atoms with E-state index in [1.165, 1.54) is 12.1 Å². The molecule has 0 bridgehead atoms. The monoisotopic (exact) mass is 309 g/mol. The van der Waals surface area contributed by atoms with Gasteiger partial charge in [-0.1, -0.05) is 0 Å². The van der Waals surface area contributed by atoms with E-state index in [1.54, 1.807) is 18.3 Å². The number of aliphatic imine (C=N–C) groups is 1. The molecule has 6 nitrogen and oxygen atoms in total. The smallest absolute Gasteiger partial charge is 0.387 e. The Morgan fingerprint density at radius 2 is 2.00 bits per heavy atom. The zero-order valence-electron chi connectivity index (χ0n) is 11.7. The summed E-state index contributed by atoms with van der Waals surface area (Å²) < 4.78 is 28.5. The fourth-order valence-corrected chi connectivity index (χ4v) is 2.23. The lowest BCUT2D eigenvalue weighted by Gasteiger charge is -2.31. The summed E-state index contributed by atoms with van der Waals surface area (Å²) in [6, 6.07) is 6.08. The maximum atomic E-state index is 12.1. The number of halogens is 2. The molecule has 8 heteroatoms. The maximum absolute atomic E-state index is 12.1. The van der Waals surface area contributed by atoms with Gasteiger partial charge >= 0.3 is 6.61 Å². The molecule has 1 fully saturated rings. The lowest BCUT2D eigenvalue weighted by Crippen LogP contribution is -2.55. The highest BCUT2D eigenvalue weighted by molar-refractivity contribution is 6.07. The van der Waals surface area contributed by atoms with Crippen molar-refractivity contribution in [3.8, 4) is 5.75 Å². The van der Waals surface area contributed by atoms with E-state index in [0.29, 0.717) is 17.2 Å². The van der Waals surface area contributed by atoms with E-state index in [1.807, 2.05) is 0 Å². The van der Waals surface area contributed by atoms with Crippen molar-refractivity contribution in [2.45, 2.75) is 25.2 Å². The fraction of sp³-hybridized carbons (Fsp3) is 0.357. The summed E-state index contributed by atoms with van der Waals surface area (Å²) in [5.41, 5.74) is 13.2. The van der Waals surface area contributed by atoms with Gasteiger partial charge in [-0.3, -0.25) is 5.73 Å². The van der Waals surface area contributed by atoms with Crippen molar-refractivity contribution < 1.29 is 13.5 Å². The number of nitrogens with two attached hydrogens (primary N) is 2. The Morgan fingerprint density at radius 1 is 1.32 bits per heavy atom. The van der Waals surface area contributed by atoms with Gasteiger partial charge in [0.2, 0.25) is 0 Å². The maximum Gasteiger partial charge on any atom is 0.387 e. The number of nitrogens with one attached hydrogen (secondary N) is 2. The lowest BCUT2D eigenvalue weighted by molar-refractivity contribution is -0.0498. The molecule has 0 amide bonds. The van der Waals surface area contributed by atoms with Crippen LogP contribution in [0, 0.1) is 5.92 Å². The van der Waals surface area contributed by atoms with E-state index < -0.39 is 12.4 Å². The predicted octanol–water partition coefficient (Wildman–Crippen LogP) is 1.52. The Labute approximate surface area is 126 Å². The molecule has 1 aliphatic heterocycles. The van der Waals surface area contributed by atoms with Crippen molar-refractivity contribution in [1.29, 1.82) is 0 Å². The molecular formula is C14H17F2N5O. The number of rotatable bonds is 4. The van der Waals surface area contributed by atoms with Gasteiger partial charge in [0.25, 0.3) is 0 Å². The predicted molar refractivity (Wildman–Crippen MR) is 79.2 cm³/mol. The summed E-state index contributed by atoms with van der Waals surface area (Å²) in [5.74, 6) is -0.0159. The van der Waals surface area contributed by atoms with Crippen LogP contribution in [-0.2, 0) is 0 Å². The lowest BCUT2D eigenvalue weighted by atomic mass is 10.2. The van der Waals surface area contributed by atoms with Crippen LogP contribution in [0.5, 0.6) is 5.75 Å². The van der Waals surface area contributed by atoms with Crippen LogP contribution in [0.3, 0.4) is 0 Å². The van der Waals surface area contributed by atoms with Crippen LogP contribution in [0.15, 0.2) is 41.2 Å². The third-order valence-corrected chi connectivity index (χ3v) is 3.57. The minimum Gasteiger partial charge on any atom is -0.435 e. The topological polar surface area (TPSA) is 97.7 Å². The van der Waals surface area contributed by atoms with Gasteiger partial charge in [-0.25, -0.2) is 4.99 Å². The molecule has 3 rings (SSSR count). The molecule has 1 aromatic rings. The van der Waals surface area contributed by atoms with E-state index in [2.05, 4.69) is 20.4 Å². The molecule has 1 atom stereocenters. The Bertz CT molecular complexity index is 612. The minimum absolute atomic E-state index is 0.0856. The molecule has 0 saturated heterocycles. The van der Waals surface area contributed by atoms with Crippen LogP contribution in [0.25, 0.3) is 0 Å². The van der Waals surface area contributed by atoms with Crippen molar-refractivity contribution >= 4 is 11.5 Å². The number of hydrogen-bond donors (Lipinski definition) is 4. The molecule has 6 N–H and O–H groups in total. The van der Waals surface area contributed by atoms with Crippen LogP contribution >= 0.6 is 0 Å². The average molecular weight is 309 g/mol. The van der Waals surface area contributed by atoms with Gasteiger partial charge in [0.05, 0.1) is 5.70 Å². The highest BCUT2D eigenvalue weighted by Crippen LogP contribution is 2.38. The Balaban J connectivity index is 1.73. The second kappa shape index (κ2) is 5.45. The first-order valence-electron chi connectivity index (χ1n) is 6.90. The van der Waals surface area contributed by atoms with Gasteiger partial charge in [0.1, 0.15) is 5.75 Å². The third-order valence-electron chi connectivity index (χ3n) is 3.57. The zero-order valence-corrected chi connectivity index (χ0v) is 11.7. The highest BCUT2D eigenvalue weighted by Gasteiger charge is 2.43. The SMILES string of the molecule is NC1=CNC(N)(C2CC2)N=C1Nc1ccc(OC(F)F)cc1. The van der Waals surface area contributed by atoms with Crippen LogP contribution < -0.4 is 26.8 Å². The van der Waals surface area contributed by atoms with E-state index in [0.717, 1.165) is 12.8 Å². The average Bonchev–Trinajstić information content (AvgIpc) is 3.30. The first-order valence-corrected chi connectivity index (χ1v) is 6.90. The molecular weight excluding hydrogens is 292 g/mol. The summed E-state index contributed by atoms with van der Waals surface area (Å²) >= 11 is 0. The highest BCUT2D eigenvalue weighted by atomic mass is 19.3. The second-order valence-corrected chi connectivity index (χ2v) is 5.33. The van der Waals surface area contributed by atoms with Crippen molar-refractivity contribution in [2.75, 3.05) is 5.32 Å². The summed E-state index contributed by atoms with van der Waals surface area (Å²) in [6.07, 6.45) is 3.67. The number of alkyl halides is 2. The summed E-state index contributed by atoms with van der Waals surface area (Å²) in [5, 5.41) is 6.06. The van der Waals surface area contributed by atoms with Gasteiger partial charge in [-0.2, -0.15) is 8.78 Å². The standard InChI is InChI=1S/C14H17F2N5O/c15-13(16)22-10-5-3-9(4-6-10)20-12-11(17)7-19-14(18,21-12)8-1-2-8/h3-8,13,19H,1-2,17-18H2,(H,20,21). The largest absolute Gasteiger partial charge is 0.435 e. The van der Waals surface area contributed by atoms with Crippen LogP contribution in [0.4, 0.5) is 14.5 Å². The number of ether oxygens (including phenoxy) is 1. The van der Waals surface area contributed by atoms with Crippen LogP contribution in [0.2, 0.25) is 0 Å². The second-order valence-electron chi connectivity index (χ2n) is 5.33. The fourth-order valence-electron chi connectivity index (χ4n) is 2.23. The number of anilines is 1. The molecule has 1 saturated carbocycles. The van der Waals surface area contributed by atoms with Gasteiger partial charge < -0.3 is 21.1 Å².